The van der Waals surface area contributed by atoms with Crippen LogP contribution in [0.4, 0.5) is 11.5 Å². The number of benzene rings is 1. The number of aliphatic imine (C=N–C) groups is 1. The Morgan fingerprint density at radius 1 is 1.19 bits per heavy atom. The van der Waals surface area contributed by atoms with Crippen LogP contribution in [0.1, 0.15) is 10.5 Å². The van der Waals surface area contributed by atoms with Crippen LogP contribution in [0.3, 0.4) is 0 Å². The number of carbonyl (C=O) groups is 1. The lowest BCUT2D eigenvalue weighted by atomic mass is 10.4. The Morgan fingerprint density at radius 3 is 2.57 bits per heavy atom. The number of nitrogens with one attached hydrogen (secondary N) is 2. The summed E-state index contributed by atoms with van der Waals surface area (Å²) in [7, 11) is -3.93. The van der Waals surface area contributed by atoms with Gasteiger partial charge in [-0.15, -0.1) is 4.09 Å². The molecule has 2 aromatic rings. The summed E-state index contributed by atoms with van der Waals surface area (Å²) in [5, 5.41) is 3.82. The third-order valence-corrected chi connectivity index (χ3v) is 4.69. The van der Waals surface area contributed by atoms with Gasteiger partial charge in [0.2, 0.25) is 0 Å². The van der Waals surface area contributed by atoms with E-state index in [4.69, 9.17) is 0 Å². The smallest absolute Gasteiger partial charge is 0.285 e. The number of anilines is 1. The van der Waals surface area contributed by atoms with E-state index in [-0.39, 0.29) is 22.1 Å². The van der Waals surface area contributed by atoms with E-state index in [9.17, 15) is 13.2 Å². The number of aldehydes is 1. The van der Waals surface area contributed by atoms with Gasteiger partial charge in [-0.1, -0.05) is 18.2 Å². The van der Waals surface area contributed by atoms with Crippen molar-refractivity contribution in [3.05, 3.63) is 36.0 Å². The van der Waals surface area contributed by atoms with Gasteiger partial charge in [0.25, 0.3) is 10.0 Å². The van der Waals surface area contributed by atoms with Crippen molar-refractivity contribution in [3.63, 3.8) is 0 Å². The lowest BCUT2D eigenvalue weighted by Gasteiger charge is -2.15. The summed E-state index contributed by atoms with van der Waals surface area (Å²) < 4.78 is 26.2. The number of hydrazine groups is 1. The second-order valence-electron chi connectivity index (χ2n) is 4.01. The van der Waals surface area contributed by atoms with Crippen molar-refractivity contribution in [2.24, 2.45) is 4.99 Å². The topological polar surface area (TPSA) is 105 Å². The molecule has 0 unspecified atom stereocenters. The Labute approximate surface area is 128 Å². The fraction of sp³-hybridized carbons (Fsp3) is 0. The molecule has 0 spiro atoms. The van der Waals surface area contributed by atoms with Crippen molar-refractivity contribution >= 4 is 48.5 Å². The highest BCUT2D eigenvalue weighted by molar-refractivity contribution is 9.18. The minimum Gasteiger partial charge on any atom is -0.296 e. The van der Waals surface area contributed by atoms with Crippen molar-refractivity contribution in [2.75, 3.05) is 5.43 Å². The standard InChI is InChI=1S/C11H8BrN5O3S/c12-11-13-9-8(6-18)16-17(10(9)14-15-11)21(19,20)7-4-2-1-3-5-7/h1-6,14H,(H,13,15). The molecule has 1 aromatic heterocycles. The number of hydrogen-bond acceptors (Lipinski definition) is 7. The lowest BCUT2D eigenvalue weighted by molar-refractivity contribution is 0.111. The molecule has 2 N–H and O–H groups in total. The zero-order valence-electron chi connectivity index (χ0n) is 10.3. The van der Waals surface area contributed by atoms with E-state index in [0.717, 1.165) is 4.09 Å². The van der Waals surface area contributed by atoms with Crippen LogP contribution in [0.5, 0.6) is 0 Å². The van der Waals surface area contributed by atoms with Gasteiger partial charge in [-0.25, -0.2) is 4.99 Å². The average Bonchev–Trinajstić information content (AvgIpc) is 2.86. The third kappa shape index (κ3) is 2.21. The zero-order chi connectivity index (χ0) is 15.0. The molecule has 0 bridgehead atoms. The number of carbonyl (C=O) groups excluding carboxylic acids is 1. The number of aromatic nitrogens is 2. The van der Waals surface area contributed by atoms with E-state index in [1.807, 2.05) is 0 Å². The first kappa shape index (κ1) is 13.8. The summed E-state index contributed by atoms with van der Waals surface area (Å²) in [4.78, 5) is 15.1. The molecule has 0 radical (unpaired) electrons. The quantitative estimate of drug-likeness (QED) is 0.622. The molecule has 0 saturated heterocycles. The fourth-order valence-electron chi connectivity index (χ4n) is 1.81. The van der Waals surface area contributed by atoms with Crippen LogP contribution >= 0.6 is 15.9 Å². The molecule has 2 heterocycles. The van der Waals surface area contributed by atoms with Crippen LogP contribution in [0, 0.1) is 0 Å². The van der Waals surface area contributed by atoms with Crippen molar-refractivity contribution in [1.29, 1.82) is 0 Å². The Bertz CT molecular complexity index is 844. The van der Waals surface area contributed by atoms with Gasteiger partial charge < -0.3 is 0 Å². The van der Waals surface area contributed by atoms with Gasteiger partial charge in [0.1, 0.15) is 5.69 Å². The maximum Gasteiger partial charge on any atom is 0.285 e. The monoisotopic (exact) mass is 369 g/mol. The normalized spacial score (nSPS) is 13.7. The van der Waals surface area contributed by atoms with Crippen molar-refractivity contribution < 1.29 is 13.2 Å². The zero-order valence-corrected chi connectivity index (χ0v) is 12.7. The Balaban J connectivity index is 2.24. The summed E-state index contributed by atoms with van der Waals surface area (Å²) in [6, 6.07) is 7.79. The summed E-state index contributed by atoms with van der Waals surface area (Å²) in [5.41, 5.74) is 5.34. The maximum absolute atomic E-state index is 12.6. The number of amidine groups is 1. The molecule has 0 aliphatic carbocycles. The van der Waals surface area contributed by atoms with E-state index in [1.54, 1.807) is 18.2 Å². The first-order chi connectivity index (χ1) is 10.0. The SMILES string of the molecule is O=Cc1nn(S(=O)(=O)c2ccccc2)c2c1N=C(Br)NN2. The van der Waals surface area contributed by atoms with Crippen molar-refractivity contribution in [1.82, 2.24) is 14.6 Å². The largest absolute Gasteiger partial charge is 0.296 e. The first-order valence-electron chi connectivity index (χ1n) is 5.69. The van der Waals surface area contributed by atoms with Gasteiger partial charge in [0.05, 0.1) is 4.90 Å². The van der Waals surface area contributed by atoms with E-state index < -0.39 is 10.0 Å². The molecular weight excluding hydrogens is 362 g/mol. The number of rotatable bonds is 3. The highest BCUT2D eigenvalue weighted by Gasteiger charge is 2.29. The minimum absolute atomic E-state index is 0.0585. The Hall–Kier alpha value is -2.20. The molecule has 8 nitrogen and oxygen atoms in total. The third-order valence-electron chi connectivity index (χ3n) is 2.73. The highest BCUT2D eigenvalue weighted by Crippen LogP contribution is 2.33. The Morgan fingerprint density at radius 2 is 1.90 bits per heavy atom. The van der Waals surface area contributed by atoms with Crippen molar-refractivity contribution in [2.45, 2.75) is 4.90 Å². The summed E-state index contributed by atoms with van der Waals surface area (Å²) >= 11 is 3.10. The van der Waals surface area contributed by atoms with E-state index >= 15 is 0 Å². The van der Waals surface area contributed by atoms with Crippen LogP contribution in [0.2, 0.25) is 0 Å². The number of hydrogen-bond donors (Lipinski definition) is 2. The fourth-order valence-corrected chi connectivity index (χ4v) is 3.35. The molecule has 1 aromatic carbocycles. The summed E-state index contributed by atoms with van der Waals surface area (Å²) in [5.74, 6) is 0.0733. The molecule has 1 aliphatic heterocycles. The molecule has 0 amide bonds. The molecule has 0 saturated carbocycles. The number of fused-ring (bicyclic) bond motifs is 1. The van der Waals surface area contributed by atoms with Gasteiger partial charge in [0.15, 0.2) is 22.5 Å². The highest BCUT2D eigenvalue weighted by atomic mass is 79.9. The number of halogens is 1. The molecular formula is C11H8BrN5O3S. The minimum atomic E-state index is -3.93. The Kier molecular flexibility index (Phi) is 3.26. The van der Waals surface area contributed by atoms with E-state index in [2.05, 4.69) is 36.9 Å². The average molecular weight is 370 g/mol. The second-order valence-corrected chi connectivity index (χ2v) is 6.53. The summed E-state index contributed by atoms with van der Waals surface area (Å²) in [6.45, 7) is 0. The first-order valence-corrected chi connectivity index (χ1v) is 7.92. The van der Waals surface area contributed by atoms with E-state index in [0.29, 0.717) is 11.0 Å². The maximum atomic E-state index is 12.6. The van der Waals surface area contributed by atoms with Crippen LogP contribution in [0.15, 0.2) is 40.2 Å². The van der Waals surface area contributed by atoms with Gasteiger partial charge in [-0.3, -0.25) is 15.6 Å². The summed E-state index contributed by atoms with van der Waals surface area (Å²) in [6.07, 6.45) is 0.451. The number of nitrogens with zero attached hydrogens (tertiary/aromatic N) is 3. The van der Waals surface area contributed by atoms with Crippen molar-refractivity contribution in [3.8, 4) is 0 Å². The molecule has 0 fully saturated rings. The predicted molar refractivity (Wildman–Crippen MR) is 79.4 cm³/mol. The molecule has 3 rings (SSSR count). The van der Waals surface area contributed by atoms with Gasteiger partial charge >= 0.3 is 0 Å². The molecule has 10 heteroatoms. The second kappa shape index (κ2) is 4.97. The molecule has 108 valence electrons. The van der Waals surface area contributed by atoms with Gasteiger partial charge in [0, 0.05) is 0 Å². The lowest BCUT2D eigenvalue weighted by Crippen LogP contribution is -2.30. The van der Waals surface area contributed by atoms with Crippen LogP contribution in [0.25, 0.3) is 0 Å². The molecule has 0 atom stereocenters. The van der Waals surface area contributed by atoms with Crippen LogP contribution in [-0.4, -0.2) is 28.6 Å². The molecule has 1 aliphatic rings. The predicted octanol–water partition coefficient (Wildman–Crippen LogP) is 1.25. The van der Waals surface area contributed by atoms with Gasteiger partial charge in [-0.2, -0.15) is 13.5 Å². The van der Waals surface area contributed by atoms with E-state index in [1.165, 1.54) is 12.1 Å². The van der Waals surface area contributed by atoms with Crippen LogP contribution in [-0.2, 0) is 10.0 Å². The molecule has 21 heavy (non-hydrogen) atoms. The van der Waals surface area contributed by atoms with Gasteiger partial charge in [-0.05, 0) is 28.1 Å². The van der Waals surface area contributed by atoms with Crippen LogP contribution < -0.4 is 10.9 Å².